The van der Waals surface area contributed by atoms with E-state index in [1.165, 1.54) is 19.5 Å². The van der Waals surface area contributed by atoms with Crippen LogP contribution in [0.5, 0.6) is 5.75 Å². The molecule has 9 heteroatoms. The van der Waals surface area contributed by atoms with Gasteiger partial charge in [-0.05, 0) is 30.3 Å². The molecule has 0 aliphatic heterocycles. The molecule has 138 valence electrons. The minimum Gasteiger partial charge on any atom is -0.497 e. The number of nitrogens with zero attached hydrogens (tertiary/aromatic N) is 2. The summed E-state index contributed by atoms with van der Waals surface area (Å²) in [6, 6.07) is 7.71. The average molecular weight is 386 g/mol. The Morgan fingerprint density at radius 3 is 2.46 bits per heavy atom. The highest BCUT2D eigenvalue weighted by atomic mass is 35.5. The number of hydrogen-bond donors (Lipinski definition) is 1. The van der Waals surface area contributed by atoms with Gasteiger partial charge in [-0.2, -0.15) is 13.2 Å². The van der Waals surface area contributed by atoms with Gasteiger partial charge in [0.1, 0.15) is 5.75 Å². The van der Waals surface area contributed by atoms with Gasteiger partial charge in [-0.15, -0.1) is 0 Å². The van der Waals surface area contributed by atoms with Crippen LogP contribution < -0.4 is 10.2 Å². The SMILES string of the molecule is CONC=C(C=Nc1ccc(OC)cc1)c1ncc(C(F)(F)F)cc1Cl. The minimum absolute atomic E-state index is 0.126. The molecular formula is C17H15ClF3N3O2. The molecule has 26 heavy (non-hydrogen) atoms. The van der Waals surface area contributed by atoms with Crippen molar-refractivity contribution in [3.05, 3.63) is 59.0 Å². The molecule has 2 aromatic rings. The Morgan fingerprint density at radius 2 is 1.92 bits per heavy atom. The van der Waals surface area contributed by atoms with Crippen LogP contribution in [0.15, 0.2) is 47.7 Å². The normalized spacial score (nSPS) is 12.5. The van der Waals surface area contributed by atoms with Crippen LogP contribution in [0.2, 0.25) is 5.02 Å². The average Bonchev–Trinajstić information content (AvgIpc) is 2.62. The van der Waals surface area contributed by atoms with E-state index in [4.69, 9.17) is 21.2 Å². The molecule has 0 saturated carbocycles. The third-order valence-electron chi connectivity index (χ3n) is 3.20. The summed E-state index contributed by atoms with van der Waals surface area (Å²) in [5.74, 6) is 0.674. The molecule has 0 bridgehead atoms. The Balaban J connectivity index is 2.34. The van der Waals surface area contributed by atoms with Crippen LogP contribution >= 0.6 is 11.6 Å². The first-order chi connectivity index (χ1) is 12.3. The second kappa shape index (κ2) is 8.68. The van der Waals surface area contributed by atoms with Crippen LogP contribution in [0.1, 0.15) is 11.3 Å². The van der Waals surface area contributed by atoms with Crippen LogP contribution in [0.4, 0.5) is 18.9 Å². The molecule has 0 radical (unpaired) electrons. The molecule has 1 heterocycles. The van der Waals surface area contributed by atoms with Gasteiger partial charge in [-0.1, -0.05) is 11.6 Å². The predicted molar refractivity (Wildman–Crippen MR) is 93.5 cm³/mol. The maximum Gasteiger partial charge on any atom is 0.417 e. The molecule has 0 saturated heterocycles. The topological polar surface area (TPSA) is 55.7 Å². The molecule has 0 atom stereocenters. The van der Waals surface area contributed by atoms with E-state index >= 15 is 0 Å². The number of pyridine rings is 1. The Bertz CT molecular complexity index is 806. The maximum absolute atomic E-state index is 12.8. The van der Waals surface area contributed by atoms with Crippen LogP contribution in [-0.4, -0.2) is 25.4 Å². The van der Waals surface area contributed by atoms with Crippen molar-refractivity contribution >= 4 is 29.1 Å². The number of alkyl halides is 3. The van der Waals surface area contributed by atoms with Gasteiger partial charge < -0.3 is 4.74 Å². The van der Waals surface area contributed by atoms with Crippen molar-refractivity contribution in [1.82, 2.24) is 10.5 Å². The number of ether oxygens (including phenoxy) is 1. The standard InChI is InChI=1S/C17H15ClF3N3O2/c1-25-14-5-3-13(4-6-14)22-8-11(9-24-26-2)16-15(18)7-12(10-23-16)17(19,20)21/h3-10,24H,1-2H3. The molecule has 0 spiro atoms. The van der Waals surface area contributed by atoms with Crippen LogP contribution in [-0.2, 0) is 11.0 Å². The molecule has 5 nitrogen and oxygen atoms in total. The van der Waals surface area contributed by atoms with E-state index in [0.29, 0.717) is 23.2 Å². The van der Waals surface area contributed by atoms with E-state index in [9.17, 15) is 13.2 Å². The van der Waals surface area contributed by atoms with E-state index in [-0.39, 0.29) is 10.7 Å². The molecule has 0 amide bonds. The Hall–Kier alpha value is -2.58. The number of aliphatic imine (C=N–C) groups is 1. The van der Waals surface area contributed by atoms with Gasteiger partial charge in [0.05, 0.1) is 36.2 Å². The predicted octanol–water partition coefficient (Wildman–Crippen LogP) is 4.66. The van der Waals surface area contributed by atoms with Gasteiger partial charge in [0.2, 0.25) is 0 Å². The fourth-order valence-corrected chi connectivity index (χ4v) is 2.18. The number of hydrogen-bond acceptors (Lipinski definition) is 5. The smallest absolute Gasteiger partial charge is 0.417 e. The number of benzene rings is 1. The quantitative estimate of drug-likeness (QED) is 0.580. The monoisotopic (exact) mass is 385 g/mol. The molecule has 2 rings (SSSR count). The lowest BCUT2D eigenvalue weighted by Gasteiger charge is -2.10. The molecule has 0 aliphatic rings. The van der Waals surface area contributed by atoms with E-state index in [0.717, 1.165) is 6.07 Å². The number of halogens is 4. The third-order valence-corrected chi connectivity index (χ3v) is 3.49. The van der Waals surface area contributed by atoms with Crippen molar-refractivity contribution in [3.63, 3.8) is 0 Å². The zero-order valence-corrected chi connectivity index (χ0v) is 14.6. The summed E-state index contributed by atoms with van der Waals surface area (Å²) in [5.41, 5.74) is 2.62. The lowest BCUT2D eigenvalue weighted by molar-refractivity contribution is -0.137. The number of aromatic nitrogens is 1. The number of methoxy groups -OCH3 is 1. The summed E-state index contributed by atoms with van der Waals surface area (Å²) in [4.78, 5) is 12.8. The van der Waals surface area contributed by atoms with Crippen molar-refractivity contribution in [1.29, 1.82) is 0 Å². The van der Waals surface area contributed by atoms with Crippen LogP contribution in [0.25, 0.3) is 5.57 Å². The summed E-state index contributed by atoms with van der Waals surface area (Å²) in [6.07, 6.45) is -1.02. The van der Waals surface area contributed by atoms with Crippen molar-refractivity contribution in [2.75, 3.05) is 14.2 Å². The van der Waals surface area contributed by atoms with E-state index in [1.807, 2.05) is 0 Å². The summed E-state index contributed by atoms with van der Waals surface area (Å²) in [5, 5.41) is -0.162. The molecule has 1 aromatic carbocycles. The summed E-state index contributed by atoms with van der Waals surface area (Å²) in [7, 11) is 2.93. The molecule has 0 fully saturated rings. The number of rotatable bonds is 6. The van der Waals surface area contributed by atoms with Gasteiger partial charge in [0, 0.05) is 24.2 Å². The lowest BCUT2D eigenvalue weighted by Crippen LogP contribution is -2.08. The fourth-order valence-electron chi connectivity index (χ4n) is 1.91. The van der Waals surface area contributed by atoms with Crippen molar-refractivity contribution in [3.8, 4) is 5.75 Å². The minimum atomic E-state index is -4.53. The van der Waals surface area contributed by atoms with Gasteiger partial charge in [-0.25, -0.2) is 0 Å². The Labute approximate surface area is 153 Å². The fraction of sp³-hybridized carbons (Fsp3) is 0.176. The third kappa shape index (κ3) is 5.21. The molecule has 1 N–H and O–H groups in total. The zero-order chi connectivity index (χ0) is 19.2. The lowest BCUT2D eigenvalue weighted by atomic mass is 10.1. The van der Waals surface area contributed by atoms with Gasteiger partial charge in [-0.3, -0.25) is 20.3 Å². The first-order valence-corrected chi connectivity index (χ1v) is 7.63. The second-order valence-electron chi connectivity index (χ2n) is 4.93. The van der Waals surface area contributed by atoms with E-state index < -0.39 is 11.7 Å². The Kier molecular flexibility index (Phi) is 6.59. The first-order valence-electron chi connectivity index (χ1n) is 7.25. The highest BCUT2D eigenvalue weighted by Crippen LogP contribution is 2.32. The number of hydroxylamine groups is 1. The zero-order valence-electron chi connectivity index (χ0n) is 13.8. The first kappa shape index (κ1) is 19.7. The van der Waals surface area contributed by atoms with Gasteiger partial charge >= 0.3 is 6.18 Å². The molecule has 0 unspecified atom stereocenters. The summed E-state index contributed by atoms with van der Waals surface area (Å²) in [6.45, 7) is 0. The van der Waals surface area contributed by atoms with Crippen LogP contribution in [0.3, 0.4) is 0 Å². The van der Waals surface area contributed by atoms with E-state index in [1.54, 1.807) is 31.4 Å². The summed E-state index contributed by atoms with van der Waals surface area (Å²) < 4.78 is 43.3. The largest absolute Gasteiger partial charge is 0.497 e. The van der Waals surface area contributed by atoms with Gasteiger partial charge in [0.25, 0.3) is 0 Å². The van der Waals surface area contributed by atoms with Crippen molar-refractivity contribution in [2.24, 2.45) is 4.99 Å². The second-order valence-corrected chi connectivity index (χ2v) is 5.34. The van der Waals surface area contributed by atoms with Crippen LogP contribution in [0, 0.1) is 0 Å². The highest BCUT2D eigenvalue weighted by Gasteiger charge is 2.31. The molecule has 1 aromatic heterocycles. The van der Waals surface area contributed by atoms with Gasteiger partial charge in [0.15, 0.2) is 0 Å². The Morgan fingerprint density at radius 1 is 1.23 bits per heavy atom. The highest BCUT2D eigenvalue weighted by molar-refractivity contribution is 6.33. The number of nitrogens with one attached hydrogen (secondary N) is 1. The number of allylic oxidation sites excluding steroid dienone is 1. The molecule has 0 aliphatic carbocycles. The summed E-state index contributed by atoms with van der Waals surface area (Å²) >= 11 is 5.98. The molecular weight excluding hydrogens is 371 g/mol. The van der Waals surface area contributed by atoms with Crippen molar-refractivity contribution in [2.45, 2.75) is 6.18 Å². The maximum atomic E-state index is 12.8. The van der Waals surface area contributed by atoms with E-state index in [2.05, 4.69) is 15.5 Å². The van der Waals surface area contributed by atoms with Crippen molar-refractivity contribution < 1.29 is 22.7 Å².